The standard InChI is InChI=1S/C14H20N2O3S.ClH/c1-19-14-5-3-2-4-12(14)13-10-15-8-9-16(13)20(17,18)11-6-7-11;/h2-5,11,13,15H,6-10H2,1H3;1H. The van der Waals surface area contributed by atoms with Gasteiger partial charge in [-0.05, 0) is 18.9 Å². The fourth-order valence-corrected chi connectivity index (χ4v) is 4.76. The number of rotatable bonds is 4. The van der Waals surface area contributed by atoms with Gasteiger partial charge in [0.25, 0.3) is 0 Å². The summed E-state index contributed by atoms with van der Waals surface area (Å²) in [6.07, 6.45) is 1.59. The molecule has 3 rings (SSSR count). The number of benzene rings is 1. The Balaban J connectivity index is 0.00000161. The Hall–Kier alpha value is -0.820. The van der Waals surface area contributed by atoms with Crippen LogP contribution in [-0.2, 0) is 10.0 Å². The van der Waals surface area contributed by atoms with E-state index in [1.807, 2.05) is 24.3 Å². The molecule has 2 aliphatic rings. The summed E-state index contributed by atoms with van der Waals surface area (Å²) >= 11 is 0. The monoisotopic (exact) mass is 332 g/mol. The minimum Gasteiger partial charge on any atom is -0.496 e. The highest BCUT2D eigenvalue weighted by molar-refractivity contribution is 7.90. The van der Waals surface area contributed by atoms with Crippen LogP contribution in [0.15, 0.2) is 24.3 Å². The van der Waals surface area contributed by atoms with Gasteiger partial charge in [-0.1, -0.05) is 18.2 Å². The van der Waals surface area contributed by atoms with E-state index in [2.05, 4.69) is 5.32 Å². The van der Waals surface area contributed by atoms with Crippen molar-refractivity contribution in [3.63, 3.8) is 0 Å². The molecule has 1 atom stereocenters. The number of nitrogens with zero attached hydrogens (tertiary/aromatic N) is 1. The van der Waals surface area contributed by atoms with Crippen molar-refractivity contribution >= 4 is 22.4 Å². The van der Waals surface area contributed by atoms with Gasteiger partial charge in [-0.25, -0.2) is 8.42 Å². The summed E-state index contributed by atoms with van der Waals surface area (Å²) in [6.45, 7) is 1.87. The van der Waals surface area contributed by atoms with Crippen molar-refractivity contribution < 1.29 is 13.2 Å². The fraction of sp³-hybridized carbons (Fsp3) is 0.571. The van der Waals surface area contributed by atoms with E-state index in [9.17, 15) is 8.42 Å². The molecule has 0 aromatic heterocycles. The molecule has 0 bridgehead atoms. The van der Waals surface area contributed by atoms with Gasteiger partial charge in [-0.15, -0.1) is 12.4 Å². The Kier molecular flexibility index (Phi) is 5.14. The van der Waals surface area contributed by atoms with Crippen molar-refractivity contribution in [2.45, 2.75) is 24.1 Å². The topological polar surface area (TPSA) is 58.6 Å². The van der Waals surface area contributed by atoms with E-state index in [-0.39, 0.29) is 23.7 Å². The average molecular weight is 333 g/mol. The second-order valence-electron chi connectivity index (χ2n) is 5.32. The predicted octanol–water partition coefficient (Wildman–Crippen LogP) is 1.56. The van der Waals surface area contributed by atoms with Crippen LogP contribution in [0.2, 0.25) is 0 Å². The van der Waals surface area contributed by atoms with Gasteiger partial charge in [0, 0.05) is 25.2 Å². The molecule has 1 aromatic carbocycles. The quantitative estimate of drug-likeness (QED) is 0.909. The molecule has 1 saturated heterocycles. The van der Waals surface area contributed by atoms with E-state index in [1.165, 1.54) is 0 Å². The average Bonchev–Trinajstić information content (AvgIpc) is 3.32. The zero-order chi connectivity index (χ0) is 14.2. The number of para-hydroxylation sites is 1. The second-order valence-corrected chi connectivity index (χ2v) is 7.48. The molecule has 1 aliphatic carbocycles. The fourth-order valence-electron chi connectivity index (χ4n) is 2.75. The van der Waals surface area contributed by atoms with Gasteiger partial charge >= 0.3 is 0 Å². The first-order valence-electron chi connectivity index (χ1n) is 6.99. The van der Waals surface area contributed by atoms with Gasteiger partial charge in [0.2, 0.25) is 10.0 Å². The van der Waals surface area contributed by atoms with Crippen LogP contribution >= 0.6 is 12.4 Å². The van der Waals surface area contributed by atoms with E-state index < -0.39 is 10.0 Å². The number of halogens is 1. The van der Waals surface area contributed by atoms with Crippen LogP contribution in [0.25, 0.3) is 0 Å². The Bertz CT molecular complexity index is 590. The maximum absolute atomic E-state index is 12.6. The molecule has 1 heterocycles. The van der Waals surface area contributed by atoms with Gasteiger partial charge in [-0.3, -0.25) is 0 Å². The minimum absolute atomic E-state index is 0. The van der Waals surface area contributed by atoms with Crippen LogP contribution < -0.4 is 10.1 Å². The molecular weight excluding hydrogens is 312 g/mol. The zero-order valence-electron chi connectivity index (χ0n) is 12.0. The molecule has 0 amide bonds. The lowest BCUT2D eigenvalue weighted by Gasteiger charge is -2.36. The molecule has 0 spiro atoms. The SMILES string of the molecule is COc1ccccc1C1CNCCN1S(=O)(=O)C1CC1.Cl. The lowest BCUT2D eigenvalue weighted by atomic mass is 10.0. The van der Waals surface area contributed by atoms with Crippen molar-refractivity contribution in [3.05, 3.63) is 29.8 Å². The van der Waals surface area contributed by atoms with Crippen LogP contribution in [-0.4, -0.2) is 44.7 Å². The third-order valence-corrected chi connectivity index (χ3v) is 6.37. The Labute approximate surface area is 132 Å². The normalized spacial score (nSPS) is 23.4. The number of methoxy groups -OCH3 is 1. The van der Waals surface area contributed by atoms with Crippen molar-refractivity contribution in [3.8, 4) is 5.75 Å². The first kappa shape index (κ1) is 16.5. The highest BCUT2D eigenvalue weighted by Crippen LogP contribution is 2.38. The first-order chi connectivity index (χ1) is 9.64. The van der Waals surface area contributed by atoms with E-state index in [0.717, 1.165) is 24.2 Å². The number of hydrogen-bond acceptors (Lipinski definition) is 4. The molecule has 7 heteroatoms. The Morgan fingerprint density at radius 2 is 2.00 bits per heavy atom. The van der Waals surface area contributed by atoms with Gasteiger partial charge < -0.3 is 10.1 Å². The first-order valence-corrected chi connectivity index (χ1v) is 8.49. The third-order valence-electron chi connectivity index (χ3n) is 3.96. The van der Waals surface area contributed by atoms with Crippen LogP contribution in [0, 0.1) is 0 Å². The van der Waals surface area contributed by atoms with Gasteiger partial charge in [0.15, 0.2) is 0 Å². The molecule has 1 saturated carbocycles. The highest BCUT2D eigenvalue weighted by Gasteiger charge is 2.44. The maximum atomic E-state index is 12.6. The van der Waals surface area contributed by atoms with E-state index in [4.69, 9.17) is 4.74 Å². The van der Waals surface area contributed by atoms with Crippen LogP contribution in [0.3, 0.4) is 0 Å². The molecule has 1 aliphatic heterocycles. The van der Waals surface area contributed by atoms with Crippen LogP contribution in [0.1, 0.15) is 24.4 Å². The number of sulfonamides is 1. The Morgan fingerprint density at radius 3 is 2.67 bits per heavy atom. The maximum Gasteiger partial charge on any atom is 0.217 e. The molecule has 21 heavy (non-hydrogen) atoms. The van der Waals surface area contributed by atoms with Crippen LogP contribution in [0.5, 0.6) is 5.75 Å². The summed E-state index contributed by atoms with van der Waals surface area (Å²) in [5.41, 5.74) is 0.937. The molecule has 118 valence electrons. The summed E-state index contributed by atoms with van der Waals surface area (Å²) in [4.78, 5) is 0. The van der Waals surface area contributed by atoms with Gasteiger partial charge in [0.05, 0.1) is 18.4 Å². The largest absolute Gasteiger partial charge is 0.496 e. The molecular formula is C14H21ClN2O3S. The van der Waals surface area contributed by atoms with Crippen molar-refractivity contribution in [2.75, 3.05) is 26.7 Å². The van der Waals surface area contributed by atoms with Gasteiger partial charge in [0.1, 0.15) is 5.75 Å². The van der Waals surface area contributed by atoms with Crippen molar-refractivity contribution in [1.82, 2.24) is 9.62 Å². The third kappa shape index (κ3) is 3.18. The van der Waals surface area contributed by atoms with E-state index >= 15 is 0 Å². The van der Waals surface area contributed by atoms with E-state index in [1.54, 1.807) is 11.4 Å². The number of nitrogens with one attached hydrogen (secondary N) is 1. The Morgan fingerprint density at radius 1 is 1.29 bits per heavy atom. The molecule has 1 N–H and O–H groups in total. The number of piperazine rings is 1. The summed E-state index contributed by atoms with van der Waals surface area (Å²) in [7, 11) is -1.55. The second kappa shape index (κ2) is 6.52. The highest BCUT2D eigenvalue weighted by atomic mass is 35.5. The van der Waals surface area contributed by atoms with Gasteiger partial charge in [-0.2, -0.15) is 4.31 Å². The lowest BCUT2D eigenvalue weighted by Crippen LogP contribution is -2.49. The molecule has 2 fully saturated rings. The number of hydrogen-bond donors (Lipinski definition) is 1. The summed E-state index contributed by atoms with van der Waals surface area (Å²) in [5.74, 6) is 0.747. The summed E-state index contributed by atoms with van der Waals surface area (Å²) < 4.78 is 32.2. The molecule has 5 nitrogen and oxygen atoms in total. The summed E-state index contributed by atoms with van der Waals surface area (Å²) in [5, 5.41) is 3.12. The van der Waals surface area contributed by atoms with E-state index in [0.29, 0.717) is 19.6 Å². The molecule has 1 aromatic rings. The van der Waals surface area contributed by atoms with Crippen LogP contribution in [0.4, 0.5) is 0 Å². The molecule has 1 unspecified atom stereocenters. The zero-order valence-corrected chi connectivity index (χ0v) is 13.6. The lowest BCUT2D eigenvalue weighted by molar-refractivity contribution is 0.264. The minimum atomic E-state index is -3.17. The van der Waals surface area contributed by atoms with Crippen molar-refractivity contribution in [1.29, 1.82) is 0 Å². The van der Waals surface area contributed by atoms with Crippen molar-refractivity contribution in [2.24, 2.45) is 0 Å². The molecule has 0 radical (unpaired) electrons. The summed E-state index contributed by atoms with van der Waals surface area (Å²) in [6, 6.07) is 7.48. The number of ether oxygens (including phenoxy) is 1. The predicted molar refractivity (Wildman–Crippen MR) is 84.5 cm³/mol. The smallest absolute Gasteiger partial charge is 0.217 e.